The third kappa shape index (κ3) is 4.47. The average molecular weight is 384 g/mol. The molecule has 2 aromatic carbocycles. The molecule has 0 bridgehead atoms. The van der Waals surface area contributed by atoms with Crippen molar-refractivity contribution in [3.05, 3.63) is 89.1 Å². The molecular formula is C20H14F2N2O4. The molecule has 0 saturated heterocycles. The van der Waals surface area contributed by atoms with E-state index in [2.05, 4.69) is 10.3 Å². The van der Waals surface area contributed by atoms with Crippen LogP contribution in [0.3, 0.4) is 0 Å². The summed E-state index contributed by atoms with van der Waals surface area (Å²) in [6.07, 6.45) is 0.859. The fraction of sp³-hybridized carbons (Fsp3) is 0.0500. The van der Waals surface area contributed by atoms with Gasteiger partial charge in [-0.05, 0) is 35.9 Å². The topological polar surface area (TPSA) is 88.5 Å². The second kappa shape index (κ2) is 8.26. The van der Waals surface area contributed by atoms with Gasteiger partial charge in [0.25, 0.3) is 5.91 Å². The van der Waals surface area contributed by atoms with Crippen molar-refractivity contribution in [3.8, 4) is 11.6 Å². The van der Waals surface area contributed by atoms with Crippen LogP contribution in [0.25, 0.3) is 0 Å². The molecule has 0 saturated carbocycles. The third-order valence-corrected chi connectivity index (χ3v) is 3.76. The molecule has 2 N–H and O–H groups in total. The first-order chi connectivity index (χ1) is 13.4. The van der Waals surface area contributed by atoms with E-state index in [0.29, 0.717) is 5.56 Å². The number of nitrogens with zero attached hydrogens (tertiary/aromatic N) is 1. The number of aromatic nitrogens is 1. The summed E-state index contributed by atoms with van der Waals surface area (Å²) in [5, 5.41) is 11.5. The Morgan fingerprint density at radius 3 is 2.46 bits per heavy atom. The van der Waals surface area contributed by atoms with Gasteiger partial charge in [-0.2, -0.15) is 0 Å². The second-order valence-corrected chi connectivity index (χ2v) is 5.72. The second-order valence-electron chi connectivity index (χ2n) is 5.72. The van der Waals surface area contributed by atoms with Crippen LogP contribution in [-0.2, 0) is 6.54 Å². The summed E-state index contributed by atoms with van der Waals surface area (Å²) >= 11 is 0. The van der Waals surface area contributed by atoms with Crippen LogP contribution in [0.2, 0.25) is 0 Å². The lowest BCUT2D eigenvalue weighted by Gasteiger charge is -2.11. The number of halogens is 2. The van der Waals surface area contributed by atoms with Crippen molar-refractivity contribution in [2.45, 2.75) is 6.54 Å². The summed E-state index contributed by atoms with van der Waals surface area (Å²) in [4.78, 5) is 27.0. The van der Waals surface area contributed by atoms with Gasteiger partial charge in [0.1, 0.15) is 11.4 Å². The first-order valence-corrected chi connectivity index (χ1v) is 8.12. The number of rotatable bonds is 6. The molecule has 0 aliphatic heterocycles. The summed E-state index contributed by atoms with van der Waals surface area (Å²) in [6, 6.07) is 12.4. The van der Waals surface area contributed by atoms with Gasteiger partial charge >= 0.3 is 5.97 Å². The first kappa shape index (κ1) is 19.0. The molecule has 1 aromatic heterocycles. The van der Waals surface area contributed by atoms with Crippen molar-refractivity contribution in [1.82, 2.24) is 10.3 Å². The minimum absolute atomic E-state index is 0.0639. The van der Waals surface area contributed by atoms with E-state index in [1.807, 2.05) is 0 Å². The van der Waals surface area contributed by atoms with Gasteiger partial charge in [0.05, 0.1) is 11.8 Å². The van der Waals surface area contributed by atoms with E-state index in [-0.39, 0.29) is 29.3 Å². The molecule has 0 aliphatic rings. The maximum absolute atomic E-state index is 13.8. The van der Waals surface area contributed by atoms with Crippen molar-refractivity contribution < 1.29 is 28.2 Å². The van der Waals surface area contributed by atoms with Gasteiger partial charge in [-0.15, -0.1) is 0 Å². The predicted molar refractivity (Wildman–Crippen MR) is 95.2 cm³/mol. The van der Waals surface area contributed by atoms with E-state index in [4.69, 9.17) is 9.84 Å². The molecule has 3 aromatic rings. The van der Waals surface area contributed by atoms with E-state index in [1.54, 1.807) is 18.2 Å². The molecule has 0 unspecified atom stereocenters. The lowest BCUT2D eigenvalue weighted by atomic mass is 10.1. The Labute approximate surface area is 158 Å². The van der Waals surface area contributed by atoms with Crippen LogP contribution < -0.4 is 10.1 Å². The highest BCUT2D eigenvalue weighted by molar-refractivity contribution is 5.96. The maximum Gasteiger partial charge on any atom is 0.335 e. The van der Waals surface area contributed by atoms with Crippen molar-refractivity contribution in [3.63, 3.8) is 0 Å². The zero-order valence-electron chi connectivity index (χ0n) is 14.4. The molecule has 0 atom stereocenters. The third-order valence-electron chi connectivity index (χ3n) is 3.76. The van der Waals surface area contributed by atoms with E-state index >= 15 is 0 Å². The summed E-state index contributed by atoms with van der Waals surface area (Å²) in [6.45, 7) is 0.0639. The smallest absolute Gasteiger partial charge is 0.335 e. The maximum atomic E-state index is 13.8. The molecule has 0 aliphatic carbocycles. The van der Waals surface area contributed by atoms with E-state index in [9.17, 15) is 18.4 Å². The van der Waals surface area contributed by atoms with Crippen LogP contribution in [-0.4, -0.2) is 22.0 Å². The number of para-hydroxylation sites is 1. The summed E-state index contributed by atoms with van der Waals surface area (Å²) in [5.41, 5.74) is 0.551. The molecule has 1 amide bonds. The number of pyridine rings is 1. The summed E-state index contributed by atoms with van der Waals surface area (Å²) < 4.78 is 32.7. The van der Waals surface area contributed by atoms with Crippen LogP contribution in [0.1, 0.15) is 26.3 Å². The lowest BCUT2D eigenvalue weighted by molar-refractivity contribution is 0.0696. The number of ether oxygens (including phenoxy) is 1. The summed E-state index contributed by atoms with van der Waals surface area (Å²) in [5.74, 6) is -3.54. The van der Waals surface area contributed by atoms with Crippen molar-refractivity contribution in [2.24, 2.45) is 0 Å². The largest absolute Gasteiger partial charge is 0.478 e. The molecule has 6 nitrogen and oxygen atoms in total. The van der Waals surface area contributed by atoms with Gasteiger partial charge in [0.2, 0.25) is 5.88 Å². The molecule has 28 heavy (non-hydrogen) atoms. The normalized spacial score (nSPS) is 10.4. The monoisotopic (exact) mass is 384 g/mol. The highest BCUT2D eigenvalue weighted by Crippen LogP contribution is 2.26. The molecule has 0 spiro atoms. The van der Waals surface area contributed by atoms with Crippen molar-refractivity contribution in [1.29, 1.82) is 0 Å². The molecule has 0 radical (unpaired) electrons. The number of carboxylic acid groups (broad SMARTS) is 1. The SMILES string of the molecule is O=C(O)c1ccc(CNC(=O)c2cc(F)cnc2Oc2ccccc2F)cc1. The Morgan fingerprint density at radius 1 is 1.07 bits per heavy atom. The van der Waals surface area contributed by atoms with Crippen molar-refractivity contribution in [2.75, 3.05) is 0 Å². The number of amides is 1. The first-order valence-electron chi connectivity index (χ1n) is 8.12. The Hall–Kier alpha value is -3.81. The highest BCUT2D eigenvalue weighted by Gasteiger charge is 2.17. The summed E-state index contributed by atoms with van der Waals surface area (Å²) in [7, 11) is 0. The van der Waals surface area contributed by atoms with Crippen LogP contribution >= 0.6 is 0 Å². The van der Waals surface area contributed by atoms with Crippen molar-refractivity contribution >= 4 is 11.9 Å². The van der Waals surface area contributed by atoms with Crippen LogP contribution in [0.4, 0.5) is 8.78 Å². The molecule has 8 heteroatoms. The van der Waals surface area contributed by atoms with E-state index < -0.39 is 23.5 Å². The number of benzene rings is 2. The number of carbonyl (C=O) groups excluding carboxylic acids is 1. The zero-order chi connectivity index (χ0) is 20.1. The predicted octanol–water partition coefficient (Wildman–Crippen LogP) is 3.78. The number of hydrogen-bond donors (Lipinski definition) is 2. The van der Waals surface area contributed by atoms with Crippen LogP contribution in [0.15, 0.2) is 60.8 Å². The number of hydrogen-bond acceptors (Lipinski definition) is 4. The van der Waals surface area contributed by atoms with Crippen LogP contribution in [0.5, 0.6) is 11.6 Å². The molecule has 1 heterocycles. The van der Waals surface area contributed by atoms with E-state index in [1.165, 1.54) is 30.3 Å². The van der Waals surface area contributed by atoms with Gasteiger partial charge < -0.3 is 15.2 Å². The quantitative estimate of drug-likeness (QED) is 0.675. The number of aromatic carboxylic acids is 1. The van der Waals surface area contributed by atoms with Gasteiger partial charge in [-0.1, -0.05) is 24.3 Å². The number of carbonyl (C=O) groups is 2. The minimum atomic E-state index is -1.06. The van der Waals surface area contributed by atoms with Gasteiger partial charge in [0.15, 0.2) is 11.6 Å². The Bertz CT molecular complexity index is 1020. The van der Waals surface area contributed by atoms with Gasteiger partial charge in [-0.3, -0.25) is 4.79 Å². The fourth-order valence-corrected chi connectivity index (χ4v) is 2.35. The lowest BCUT2D eigenvalue weighted by Crippen LogP contribution is -2.23. The molecule has 3 rings (SSSR count). The van der Waals surface area contributed by atoms with E-state index in [0.717, 1.165) is 12.3 Å². The van der Waals surface area contributed by atoms with Crippen LogP contribution in [0, 0.1) is 11.6 Å². The zero-order valence-corrected chi connectivity index (χ0v) is 14.4. The number of carboxylic acids is 1. The average Bonchev–Trinajstić information content (AvgIpc) is 2.69. The Morgan fingerprint density at radius 2 is 1.79 bits per heavy atom. The van der Waals surface area contributed by atoms with Gasteiger partial charge in [-0.25, -0.2) is 18.6 Å². The molecule has 0 fully saturated rings. The fourth-order valence-electron chi connectivity index (χ4n) is 2.35. The van der Waals surface area contributed by atoms with Gasteiger partial charge in [0, 0.05) is 6.54 Å². The number of nitrogens with one attached hydrogen (secondary N) is 1. The Kier molecular flexibility index (Phi) is 5.59. The highest BCUT2D eigenvalue weighted by atomic mass is 19.1. The molecular weight excluding hydrogens is 370 g/mol. The Balaban J connectivity index is 1.76. The standard InChI is InChI=1S/C20H14F2N2O4/c21-14-9-15(19(24-11-14)28-17-4-2-1-3-16(17)22)18(25)23-10-12-5-7-13(8-6-12)20(26)27/h1-9,11H,10H2,(H,23,25)(H,26,27). The molecule has 142 valence electrons. The minimum Gasteiger partial charge on any atom is -0.478 e.